The van der Waals surface area contributed by atoms with Gasteiger partial charge in [-0.25, -0.2) is 4.98 Å². The van der Waals surface area contributed by atoms with Gasteiger partial charge in [-0.05, 0) is 22.0 Å². The first-order chi connectivity index (χ1) is 6.73. The summed E-state index contributed by atoms with van der Waals surface area (Å²) in [5.74, 6) is -1.04. The highest BCUT2D eigenvalue weighted by Gasteiger charge is 2.34. The highest BCUT2D eigenvalue weighted by molar-refractivity contribution is 9.10. The van der Waals surface area contributed by atoms with Gasteiger partial charge in [-0.1, -0.05) is 0 Å². The van der Waals surface area contributed by atoms with E-state index in [4.69, 9.17) is 11.5 Å². The number of nitrogens with two attached hydrogens (primary N) is 2. The van der Waals surface area contributed by atoms with Crippen molar-refractivity contribution in [2.45, 2.75) is 6.18 Å². The quantitative estimate of drug-likeness (QED) is 0.767. The molecule has 1 amide bonds. The van der Waals surface area contributed by atoms with Crippen molar-refractivity contribution in [3.63, 3.8) is 0 Å². The number of carbonyl (C=O) groups excluding carboxylic acids is 1. The molecule has 0 spiro atoms. The van der Waals surface area contributed by atoms with Crippen LogP contribution < -0.4 is 11.5 Å². The van der Waals surface area contributed by atoms with E-state index in [9.17, 15) is 18.0 Å². The zero-order valence-corrected chi connectivity index (χ0v) is 8.69. The lowest BCUT2D eigenvalue weighted by Gasteiger charge is -2.09. The highest BCUT2D eigenvalue weighted by atomic mass is 79.9. The molecule has 4 nitrogen and oxygen atoms in total. The number of carbonyl (C=O) groups is 1. The number of amides is 1. The van der Waals surface area contributed by atoms with Gasteiger partial charge < -0.3 is 11.5 Å². The number of hydrogen-bond donors (Lipinski definition) is 2. The summed E-state index contributed by atoms with van der Waals surface area (Å²) in [7, 11) is 0. The van der Waals surface area contributed by atoms with Crippen LogP contribution in [0.5, 0.6) is 0 Å². The summed E-state index contributed by atoms with van der Waals surface area (Å²) < 4.78 is 36.5. The number of nitrogens with zero attached hydrogens (tertiary/aromatic N) is 1. The van der Waals surface area contributed by atoms with E-state index in [1.807, 2.05) is 0 Å². The monoisotopic (exact) mass is 283 g/mol. The van der Waals surface area contributed by atoms with Crippen LogP contribution >= 0.6 is 15.9 Å². The van der Waals surface area contributed by atoms with E-state index in [1.165, 1.54) is 0 Å². The van der Waals surface area contributed by atoms with E-state index >= 15 is 0 Å². The van der Waals surface area contributed by atoms with Crippen LogP contribution in [-0.2, 0) is 6.18 Å². The van der Waals surface area contributed by atoms with Crippen LogP contribution in [0, 0.1) is 0 Å². The lowest BCUT2D eigenvalue weighted by atomic mass is 10.2. The lowest BCUT2D eigenvalue weighted by Crippen LogP contribution is -2.17. The average molecular weight is 284 g/mol. The van der Waals surface area contributed by atoms with Crippen molar-refractivity contribution in [2.24, 2.45) is 5.73 Å². The van der Waals surface area contributed by atoms with Gasteiger partial charge in [0.05, 0.1) is 11.3 Å². The summed E-state index contributed by atoms with van der Waals surface area (Å²) in [6.45, 7) is 0. The molecule has 1 aromatic heterocycles. The predicted octanol–water partition coefficient (Wildman–Crippen LogP) is 1.54. The molecule has 0 aliphatic rings. The van der Waals surface area contributed by atoms with E-state index in [0.29, 0.717) is 6.07 Å². The minimum atomic E-state index is -4.65. The molecule has 0 saturated carbocycles. The predicted molar refractivity (Wildman–Crippen MR) is 49.9 cm³/mol. The van der Waals surface area contributed by atoms with Crippen LogP contribution in [0.25, 0.3) is 0 Å². The molecule has 0 atom stereocenters. The third-order valence-electron chi connectivity index (χ3n) is 1.57. The van der Waals surface area contributed by atoms with Crippen molar-refractivity contribution in [1.29, 1.82) is 0 Å². The summed E-state index contributed by atoms with van der Waals surface area (Å²) in [5, 5.41) is 0. The van der Waals surface area contributed by atoms with E-state index in [1.54, 1.807) is 0 Å². The zero-order valence-electron chi connectivity index (χ0n) is 7.10. The molecule has 0 unspecified atom stereocenters. The van der Waals surface area contributed by atoms with Gasteiger partial charge in [-0.15, -0.1) is 0 Å². The van der Waals surface area contributed by atoms with Gasteiger partial charge in [0, 0.05) is 0 Å². The Morgan fingerprint density at radius 3 is 2.40 bits per heavy atom. The largest absolute Gasteiger partial charge is 0.433 e. The smallest absolute Gasteiger partial charge is 0.396 e. The van der Waals surface area contributed by atoms with E-state index < -0.39 is 23.3 Å². The molecule has 0 radical (unpaired) electrons. The molecular formula is C7H5BrF3N3O. The van der Waals surface area contributed by atoms with Crippen LogP contribution in [0.15, 0.2) is 10.7 Å². The molecular weight excluding hydrogens is 279 g/mol. The molecule has 0 aliphatic carbocycles. The van der Waals surface area contributed by atoms with E-state index in [-0.39, 0.29) is 10.3 Å². The fourth-order valence-electron chi connectivity index (χ4n) is 0.873. The molecule has 0 saturated heterocycles. The number of anilines is 1. The maximum Gasteiger partial charge on any atom is 0.433 e. The topological polar surface area (TPSA) is 82.0 Å². The van der Waals surface area contributed by atoms with Gasteiger partial charge in [0.2, 0.25) is 0 Å². The third-order valence-corrected chi connectivity index (χ3v) is 2.17. The van der Waals surface area contributed by atoms with Gasteiger partial charge in [0.15, 0.2) is 0 Å². The van der Waals surface area contributed by atoms with Crippen LogP contribution in [0.2, 0.25) is 0 Å². The minimum Gasteiger partial charge on any atom is -0.396 e. The Morgan fingerprint density at radius 2 is 2.00 bits per heavy atom. The molecule has 8 heteroatoms. The van der Waals surface area contributed by atoms with Crippen LogP contribution in [0.4, 0.5) is 18.9 Å². The Morgan fingerprint density at radius 1 is 1.47 bits per heavy atom. The maximum absolute atomic E-state index is 12.3. The Balaban J connectivity index is 3.43. The Kier molecular flexibility index (Phi) is 2.89. The number of nitrogen functional groups attached to an aromatic ring is 1. The molecule has 15 heavy (non-hydrogen) atoms. The molecule has 4 N–H and O–H groups in total. The summed E-state index contributed by atoms with van der Waals surface area (Å²) in [4.78, 5) is 13.9. The van der Waals surface area contributed by atoms with Crippen molar-refractivity contribution in [1.82, 2.24) is 4.98 Å². The first-order valence-electron chi connectivity index (χ1n) is 3.56. The van der Waals surface area contributed by atoms with Crippen LogP contribution in [0.1, 0.15) is 16.1 Å². The Labute approximate surface area is 90.6 Å². The summed E-state index contributed by atoms with van der Waals surface area (Å²) in [5.41, 5.74) is 8.33. The lowest BCUT2D eigenvalue weighted by molar-refractivity contribution is -0.141. The fourth-order valence-corrected chi connectivity index (χ4v) is 1.28. The Bertz CT molecular complexity index is 419. The Hall–Kier alpha value is -1.31. The number of halogens is 4. The first-order valence-corrected chi connectivity index (χ1v) is 4.35. The molecule has 1 heterocycles. The van der Waals surface area contributed by atoms with Crippen molar-refractivity contribution < 1.29 is 18.0 Å². The molecule has 0 aromatic carbocycles. The average Bonchev–Trinajstić information content (AvgIpc) is 2.06. The van der Waals surface area contributed by atoms with E-state index in [0.717, 1.165) is 0 Å². The summed E-state index contributed by atoms with van der Waals surface area (Å²) >= 11 is 2.71. The van der Waals surface area contributed by atoms with Gasteiger partial charge in [0.25, 0.3) is 5.91 Å². The normalized spacial score (nSPS) is 11.5. The van der Waals surface area contributed by atoms with Crippen LogP contribution in [0.3, 0.4) is 0 Å². The number of rotatable bonds is 1. The number of alkyl halides is 3. The maximum atomic E-state index is 12.3. The van der Waals surface area contributed by atoms with E-state index in [2.05, 4.69) is 20.9 Å². The summed E-state index contributed by atoms with van der Waals surface area (Å²) in [6, 6.07) is 0.516. The van der Waals surface area contributed by atoms with Crippen molar-refractivity contribution >= 4 is 27.5 Å². The molecule has 0 aliphatic heterocycles. The fraction of sp³-hybridized carbons (Fsp3) is 0.143. The first kappa shape index (κ1) is 11.8. The second kappa shape index (κ2) is 3.69. The number of primary amides is 1. The zero-order chi connectivity index (χ0) is 11.8. The molecule has 82 valence electrons. The second-order valence-corrected chi connectivity index (χ2v) is 3.37. The highest BCUT2D eigenvalue weighted by Crippen LogP contribution is 2.32. The summed E-state index contributed by atoms with van der Waals surface area (Å²) in [6.07, 6.45) is -4.65. The van der Waals surface area contributed by atoms with Gasteiger partial charge in [0.1, 0.15) is 10.3 Å². The minimum absolute atomic E-state index is 0.212. The van der Waals surface area contributed by atoms with Crippen molar-refractivity contribution in [2.75, 3.05) is 5.73 Å². The number of aromatic nitrogens is 1. The molecule has 0 fully saturated rings. The van der Waals surface area contributed by atoms with Crippen molar-refractivity contribution in [3.8, 4) is 0 Å². The molecule has 1 aromatic rings. The van der Waals surface area contributed by atoms with Gasteiger partial charge in [-0.3, -0.25) is 4.79 Å². The third kappa shape index (κ3) is 2.38. The molecule has 1 rings (SSSR count). The standard InChI is InChI=1S/C7H5BrF3N3O/c8-5-4(12)2(6(13)15)1-3(14-5)7(9,10)11/h1H,12H2,(H2,13,15). The van der Waals surface area contributed by atoms with Crippen LogP contribution in [-0.4, -0.2) is 10.9 Å². The van der Waals surface area contributed by atoms with Gasteiger partial charge in [-0.2, -0.15) is 13.2 Å². The molecule has 0 bridgehead atoms. The SMILES string of the molecule is NC(=O)c1cc(C(F)(F)F)nc(Br)c1N. The second-order valence-electron chi connectivity index (χ2n) is 2.62. The number of hydrogen-bond acceptors (Lipinski definition) is 3. The van der Waals surface area contributed by atoms with Crippen molar-refractivity contribution in [3.05, 3.63) is 21.9 Å². The number of pyridine rings is 1. The van der Waals surface area contributed by atoms with Gasteiger partial charge >= 0.3 is 6.18 Å².